The van der Waals surface area contributed by atoms with Crippen molar-refractivity contribution in [1.29, 1.82) is 0 Å². The molecule has 2 atom stereocenters. The van der Waals surface area contributed by atoms with E-state index in [0.29, 0.717) is 37.7 Å². The number of nitrogens with one attached hydrogen (secondary N) is 1. The fourth-order valence-electron chi connectivity index (χ4n) is 7.05. The number of anilines is 1. The molecule has 4 fully saturated rings. The summed E-state index contributed by atoms with van der Waals surface area (Å²) in [6.07, 6.45) is 5.99. The normalized spacial score (nSPS) is 24.2. The number of morpholine rings is 1. The molecule has 11 heteroatoms. The van der Waals surface area contributed by atoms with E-state index in [1.54, 1.807) is 11.0 Å². The number of carbonyl (C=O) groups excluding carboxylic acids is 3. The van der Waals surface area contributed by atoms with E-state index >= 15 is 0 Å². The van der Waals surface area contributed by atoms with Crippen LogP contribution >= 0.6 is 0 Å². The highest BCUT2D eigenvalue weighted by molar-refractivity contribution is 6.05. The van der Waals surface area contributed by atoms with Crippen LogP contribution in [0.1, 0.15) is 65.1 Å². The lowest BCUT2D eigenvalue weighted by Gasteiger charge is -2.29. The lowest BCUT2D eigenvalue weighted by molar-refractivity contribution is -0.136. The first-order valence-electron chi connectivity index (χ1n) is 15.8. The van der Waals surface area contributed by atoms with Crippen LogP contribution < -0.4 is 15.0 Å². The zero-order valence-corrected chi connectivity index (χ0v) is 24.7. The van der Waals surface area contributed by atoms with Gasteiger partial charge >= 0.3 is 0 Å². The molecule has 3 amide bonds. The molecule has 2 unspecified atom stereocenters. The number of nitrogens with zero attached hydrogens (tertiary/aromatic N) is 5. The summed E-state index contributed by atoms with van der Waals surface area (Å²) in [5.41, 5.74) is 5.17. The van der Waals surface area contributed by atoms with Gasteiger partial charge in [0.2, 0.25) is 17.8 Å². The molecule has 4 aliphatic heterocycles. The fourth-order valence-corrected chi connectivity index (χ4v) is 7.05. The monoisotopic (exact) mass is 596 g/mol. The van der Waals surface area contributed by atoms with Crippen molar-refractivity contribution in [1.82, 2.24) is 25.1 Å². The van der Waals surface area contributed by atoms with Crippen molar-refractivity contribution in [3.63, 3.8) is 0 Å². The zero-order valence-electron chi connectivity index (χ0n) is 24.7. The van der Waals surface area contributed by atoms with Crippen molar-refractivity contribution in [3.8, 4) is 5.75 Å². The highest BCUT2D eigenvalue weighted by Crippen LogP contribution is 2.43. The number of likely N-dealkylation sites (tertiary alicyclic amines) is 1. The van der Waals surface area contributed by atoms with Crippen molar-refractivity contribution in [2.75, 3.05) is 44.3 Å². The molecule has 228 valence electrons. The summed E-state index contributed by atoms with van der Waals surface area (Å²) in [6, 6.07) is 9.56. The van der Waals surface area contributed by atoms with Crippen molar-refractivity contribution < 1.29 is 23.9 Å². The lowest BCUT2D eigenvalue weighted by atomic mass is 10.0. The van der Waals surface area contributed by atoms with Crippen molar-refractivity contribution in [3.05, 3.63) is 58.8 Å². The summed E-state index contributed by atoms with van der Waals surface area (Å²) in [5, 5.41) is 3.46. The highest BCUT2D eigenvalue weighted by Gasteiger charge is 2.39. The van der Waals surface area contributed by atoms with Gasteiger partial charge in [-0.2, -0.15) is 0 Å². The number of carbonyl (C=O) groups is 3. The summed E-state index contributed by atoms with van der Waals surface area (Å²) in [4.78, 5) is 52.9. The number of hydrogen-bond donors (Lipinski definition) is 1. The number of aromatic nitrogens is 2. The van der Waals surface area contributed by atoms with Crippen LogP contribution in [0.25, 0.3) is 10.9 Å². The van der Waals surface area contributed by atoms with Crippen LogP contribution in [-0.2, 0) is 27.4 Å². The van der Waals surface area contributed by atoms with Crippen LogP contribution in [0.5, 0.6) is 5.75 Å². The average molecular weight is 597 g/mol. The molecule has 0 spiro atoms. The van der Waals surface area contributed by atoms with Gasteiger partial charge in [-0.05, 0) is 72.6 Å². The highest BCUT2D eigenvalue weighted by atomic mass is 16.5. The predicted molar refractivity (Wildman–Crippen MR) is 161 cm³/mol. The summed E-state index contributed by atoms with van der Waals surface area (Å²) in [5.74, 6) is 1.27. The Morgan fingerprint density at radius 3 is 2.68 bits per heavy atom. The number of ether oxygens (including phenoxy) is 2. The Bertz CT molecular complexity index is 1650. The molecule has 8 rings (SSSR count). The second kappa shape index (κ2) is 11.1. The topological polar surface area (TPSA) is 117 Å². The van der Waals surface area contributed by atoms with Crippen LogP contribution in [0, 0.1) is 0 Å². The number of rotatable bonds is 7. The van der Waals surface area contributed by atoms with E-state index < -0.39 is 11.9 Å². The zero-order chi connectivity index (χ0) is 29.8. The van der Waals surface area contributed by atoms with Crippen molar-refractivity contribution in [2.45, 2.75) is 63.3 Å². The van der Waals surface area contributed by atoms with E-state index in [1.165, 1.54) is 24.0 Å². The molecule has 1 N–H and O–H groups in total. The maximum Gasteiger partial charge on any atom is 0.255 e. The summed E-state index contributed by atoms with van der Waals surface area (Å²) in [6.45, 7) is 6.03. The van der Waals surface area contributed by atoms with Gasteiger partial charge in [-0.3, -0.25) is 24.6 Å². The van der Waals surface area contributed by atoms with Gasteiger partial charge in [0.15, 0.2) is 0 Å². The van der Waals surface area contributed by atoms with E-state index in [4.69, 9.17) is 19.4 Å². The smallest absolute Gasteiger partial charge is 0.255 e. The maximum absolute atomic E-state index is 13.0. The molecular weight excluding hydrogens is 560 g/mol. The molecule has 1 aromatic heterocycles. The van der Waals surface area contributed by atoms with Crippen molar-refractivity contribution in [2.24, 2.45) is 0 Å². The number of hydrogen-bond acceptors (Lipinski definition) is 9. The van der Waals surface area contributed by atoms with E-state index in [1.807, 2.05) is 18.3 Å². The first-order valence-corrected chi connectivity index (χ1v) is 15.8. The van der Waals surface area contributed by atoms with Crippen molar-refractivity contribution >= 4 is 34.6 Å². The maximum atomic E-state index is 13.0. The molecule has 0 bridgehead atoms. The van der Waals surface area contributed by atoms with Gasteiger partial charge in [-0.15, -0.1) is 0 Å². The minimum atomic E-state index is -0.616. The molecule has 5 aliphatic rings. The van der Waals surface area contributed by atoms with Crippen LogP contribution in [0.15, 0.2) is 36.5 Å². The molecule has 1 aliphatic carbocycles. The Morgan fingerprint density at radius 1 is 1.00 bits per heavy atom. The second-order valence-electron chi connectivity index (χ2n) is 12.6. The van der Waals surface area contributed by atoms with Gasteiger partial charge in [-0.1, -0.05) is 6.07 Å². The Hall–Kier alpha value is -4.09. The van der Waals surface area contributed by atoms with Gasteiger partial charge in [0, 0.05) is 62.8 Å². The van der Waals surface area contributed by atoms with Crippen LogP contribution in [0.2, 0.25) is 0 Å². The molecule has 3 saturated heterocycles. The van der Waals surface area contributed by atoms with Crippen LogP contribution in [0.3, 0.4) is 0 Å². The fraction of sp³-hybridized carbons (Fsp3) is 0.485. The minimum absolute atomic E-state index is 0.0548. The lowest BCUT2D eigenvalue weighted by Crippen LogP contribution is -2.52. The summed E-state index contributed by atoms with van der Waals surface area (Å²) >= 11 is 0. The molecule has 5 heterocycles. The molecule has 1 saturated carbocycles. The van der Waals surface area contributed by atoms with E-state index in [2.05, 4.69) is 27.2 Å². The molecular formula is C33H36N6O5. The predicted octanol–water partition coefficient (Wildman–Crippen LogP) is 2.76. The van der Waals surface area contributed by atoms with E-state index in [0.717, 1.165) is 67.3 Å². The average Bonchev–Trinajstić information content (AvgIpc) is 3.71. The third-order valence-corrected chi connectivity index (χ3v) is 9.50. The second-order valence-corrected chi connectivity index (χ2v) is 12.6. The minimum Gasteiger partial charge on any atom is -0.489 e. The van der Waals surface area contributed by atoms with E-state index in [9.17, 15) is 14.4 Å². The number of piperidine rings is 1. The first kappa shape index (κ1) is 27.5. The number of fused-ring (bicyclic) bond motifs is 2. The van der Waals surface area contributed by atoms with Gasteiger partial charge < -0.3 is 19.3 Å². The third-order valence-electron chi connectivity index (χ3n) is 9.50. The van der Waals surface area contributed by atoms with Gasteiger partial charge in [0.1, 0.15) is 17.9 Å². The Morgan fingerprint density at radius 2 is 1.86 bits per heavy atom. The summed E-state index contributed by atoms with van der Waals surface area (Å²) < 4.78 is 11.9. The standard InChI is InChI=1S/C33H36N6O5/c40-29-6-5-28(31(41)35-29)39-18-23-15-24(3-4-26(23)32(39)42)44-25-7-8-37(19-25)17-20-13-22-16-34-33(38-9-11-43-12-10-38)36-30(22)27(14-20)21-1-2-21/h3-4,13-16,21,25,28H,1-2,5-12,17-19H2,(H,35,40,41). The van der Waals surface area contributed by atoms with Gasteiger partial charge in [0.05, 0.1) is 18.7 Å². The van der Waals surface area contributed by atoms with Gasteiger partial charge in [-0.25, -0.2) is 9.97 Å². The Kier molecular flexibility index (Phi) is 6.94. The largest absolute Gasteiger partial charge is 0.489 e. The SMILES string of the molecule is O=C1CCC(N2Cc3cc(OC4CCN(Cc5cc(C6CC6)c6nc(N7CCOCC7)ncc6c5)C4)ccc3C2=O)C(=O)N1. The molecule has 11 nitrogen and oxygen atoms in total. The van der Waals surface area contributed by atoms with E-state index in [-0.39, 0.29) is 24.3 Å². The number of amides is 3. The molecule has 0 radical (unpaired) electrons. The van der Waals surface area contributed by atoms with Gasteiger partial charge in [0.25, 0.3) is 5.91 Å². The molecule has 2 aromatic carbocycles. The van der Waals surface area contributed by atoms with Crippen LogP contribution in [-0.4, -0.2) is 89.0 Å². The number of benzene rings is 2. The quantitative estimate of drug-likeness (QED) is 0.411. The summed E-state index contributed by atoms with van der Waals surface area (Å²) in [7, 11) is 0. The molecule has 3 aromatic rings. The Labute approximate surface area is 255 Å². The third kappa shape index (κ3) is 5.28. The Balaban J connectivity index is 0.926. The first-order chi connectivity index (χ1) is 21.5. The van der Waals surface area contributed by atoms with Crippen LogP contribution in [0.4, 0.5) is 5.95 Å². The number of imide groups is 1. The molecule has 44 heavy (non-hydrogen) atoms.